The first-order valence-corrected chi connectivity index (χ1v) is 12.7. The third kappa shape index (κ3) is 7.67. The van der Waals surface area contributed by atoms with Gasteiger partial charge in [-0.1, -0.05) is 60.7 Å². The molecule has 0 saturated heterocycles. The van der Waals surface area contributed by atoms with Gasteiger partial charge in [-0.3, -0.25) is 9.59 Å². The first-order valence-electron chi connectivity index (χ1n) is 13.7. The van der Waals surface area contributed by atoms with E-state index in [1.165, 1.54) is 4.90 Å². The van der Waals surface area contributed by atoms with Gasteiger partial charge in [0.1, 0.15) is 18.1 Å². The van der Waals surface area contributed by atoms with Crippen molar-refractivity contribution in [2.75, 3.05) is 13.2 Å². The molecule has 0 fully saturated rings. The predicted molar refractivity (Wildman–Crippen MR) is 147 cm³/mol. The Kier molecular flexibility index (Phi) is 8.89. The van der Waals surface area contributed by atoms with Crippen molar-refractivity contribution < 1.29 is 26.6 Å². The number of rotatable bonds is 14. The molecule has 0 aliphatic rings. The molecule has 1 heterocycles. The van der Waals surface area contributed by atoms with Crippen LogP contribution < -0.4 is 4.74 Å². The molecule has 0 unspecified atom stereocenters. The minimum atomic E-state index is -2.20. The van der Waals surface area contributed by atoms with Crippen LogP contribution in [0.4, 0.5) is 0 Å². The molecular formula is C32H33NO5. The van der Waals surface area contributed by atoms with Crippen molar-refractivity contribution in [1.82, 2.24) is 4.90 Å². The largest absolute Gasteiger partial charge is 0.493 e. The second-order valence-electron chi connectivity index (χ2n) is 8.90. The first kappa shape index (κ1) is 24.2. The minimum Gasteiger partial charge on any atom is -0.493 e. The fourth-order valence-electron chi connectivity index (χ4n) is 4.00. The number of furan rings is 1. The van der Waals surface area contributed by atoms with Gasteiger partial charge in [0.05, 0.1) is 15.6 Å². The van der Waals surface area contributed by atoms with Crippen molar-refractivity contribution >= 4 is 11.7 Å². The van der Waals surface area contributed by atoms with Crippen LogP contribution in [0.5, 0.6) is 5.75 Å². The van der Waals surface area contributed by atoms with Crippen molar-refractivity contribution in [3.8, 4) is 17.1 Å². The van der Waals surface area contributed by atoms with Crippen LogP contribution >= 0.6 is 0 Å². The Morgan fingerprint density at radius 1 is 0.868 bits per heavy atom. The summed E-state index contributed by atoms with van der Waals surface area (Å²) in [5.74, 6) is 0.404. The fraction of sp³-hybridized carbons (Fsp3) is 0.250. The van der Waals surface area contributed by atoms with Crippen molar-refractivity contribution in [1.29, 1.82) is 0 Å². The fourth-order valence-corrected chi connectivity index (χ4v) is 4.00. The summed E-state index contributed by atoms with van der Waals surface area (Å²) in [6.07, 6.45) is 3.98. The molecule has 4 rings (SSSR count). The molecule has 4 aromatic rings. The number of carbonyl (C=O) groups excluding carboxylic acids is 2. The van der Waals surface area contributed by atoms with Crippen molar-refractivity contribution in [2.45, 2.75) is 38.7 Å². The van der Waals surface area contributed by atoms with Crippen LogP contribution in [-0.2, 0) is 17.8 Å². The molecule has 6 nitrogen and oxygen atoms in total. The number of benzene rings is 3. The maximum Gasteiger partial charge on any atom is 0.254 e. The number of unbranched alkanes of at least 4 members (excludes halogenated alkanes) is 2. The van der Waals surface area contributed by atoms with Gasteiger partial charge in [0, 0.05) is 36.2 Å². The third-order valence-corrected chi connectivity index (χ3v) is 6.04. The molecule has 0 spiro atoms. The van der Waals surface area contributed by atoms with Crippen LogP contribution in [-0.4, -0.2) is 34.9 Å². The summed E-state index contributed by atoms with van der Waals surface area (Å²) in [5, 5.41) is 8.85. The molecule has 6 heteroatoms. The summed E-state index contributed by atoms with van der Waals surface area (Å²) in [6, 6.07) is 26.7. The molecular weight excluding hydrogens is 478 g/mol. The standard InChI is InChI=1S/C32H33NO5/c34-24-29(35)13-5-2-8-20-37-31-14-7-6-12-28(31)23-33(22-25-10-3-1-4-11-25)32(36)27-18-16-26(17-19-27)30-15-9-21-38-30/h1,3-4,6-7,9-12,14-19,21,34H,2,5,8,13,20,22-24H2/i23D2. The lowest BCUT2D eigenvalue weighted by Gasteiger charge is -2.24. The quantitative estimate of drug-likeness (QED) is 0.201. The summed E-state index contributed by atoms with van der Waals surface area (Å²) >= 11 is 0. The zero-order chi connectivity index (χ0) is 28.4. The van der Waals surface area contributed by atoms with Gasteiger partial charge in [-0.25, -0.2) is 0 Å². The molecule has 1 aromatic heterocycles. The highest BCUT2D eigenvalue weighted by Crippen LogP contribution is 2.24. The van der Waals surface area contributed by atoms with E-state index in [-0.39, 0.29) is 17.9 Å². The summed E-state index contributed by atoms with van der Waals surface area (Å²) < 4.78 is 29.8. The molecule has 0 aliphatic heterocycles. The van der Waals surface area contributed by atoms with Crippen LogP contribution in [0.2, 0.25) is 0 Å². The first-order chi connectivity index (χ1) is 19.4. The number of amides is 1. The van der Waals surface area contributed by atoms with Gasteiger partial charge in [0.2, 0.25) is 0 Å². The van der Waals surface area contributed by atoms with Crippen molar-refractivity contribution in [2.24, 2.45) is 0 Å². The molecule has 1 N–H and O–H groups in total. The molecule has 196 valence electrons. The van der Waals surface area contributed by atoms with E-state index in [4.69, 9.17) is 14.3 Å². The zero-order valence-corrected chi connectivity index (χ0v) is 21.2. The summed E-state index contributed by atoms with van der Waals surface area (Å²) in [6.45, 7) is -2.25. The number of ketones is 1. The number of para-hydroxylation sites is 1. The predicted octanol–water partition coefficient (Wildman–Crippen LogP) is 6.29. The van der Waals surface area contributed by atoms with Crippen molar-refractivity contribution in [3.63, 3.8) is 0 Å². The van der Waals surface area contributed by atoms with E-state index >= 15 is 0 Å². The second-order valence-corrected chi connectivity index (χ2v) is 8.90. The number of aliphatic hydroxyl groups is 1. The van der Waals surface area contributed by atoms with Gasteiger partial charge >= 0.3 is 0 Å². The topological polar surface area (TPSA) is 80.0 Å². The monoisotopic (exact) mass is 513 g/mol. The van der Waals surface area contributed by atoms with E-state index in [0.717, 1.165) is 17.5 Å². The molecule has 0 aliphatic carbocycles. The van der Waals surface area contributed by atoms with E-state index in [9.17, 15) is 12.3 Å². The second kappa shape index (κ2) is 14.0. The highest BCUT2D eigenvalue weighted by Gasteiger charge is 2.19. The van der Waals surface area contributed by atoms with Crippen LogP contribution in [0.1, 0.15) is 49.9 Å². The lowest BCUT2D eigenvalue weighted by molar-refractivity contribution is -0.121. The van der Waals surface area contributed by atoms with Gasteiger partial charge in [0.15, 0.2) is 5.78 Å². The number of hydrogen-bond acceptors (Lipinski definition) is 5. The van der Waals surface area contributed by atoms with Crippen LogP contribution in [0.3, 0.4) is 0 Å². The van der Waals surface area contributed by atoms with Gasteiger partial charge in [-0.2, -0.15) is 0 Å². The molecule has 0 atom stereocenters. The zero-order valence-electron chi connectivity index (χ0n) is 23.2. The maximum atomic E-state index is 13.9. The van der Waals surface area contributed by atoms with E-state index in [0.29, 0.717) is 42.9 Å². The summed E-state index contributed by atoms with van der Waals surface area (Å²) in [4.78, 5) is 26.4. The highest BCUT2D eigenvalue weighted by atomic mass is 16.5. The Bertz CT molecular complexity index is 1370. The van der Waals surface area contributed by atoms with Gasteiger partial charge in [-0.15, -0.1) is 0 Å². The maximum absolute atomic E-state index is 13.9. The number of hydrogen-bond donors (Lipinski definition) is 1. The van der Waals surface area contributed by atoms with Crippen LogP contribution in [0.15, 0.2) is 102 Å². The number of nitrogens with zero attached hydrogens (tertiary/aromatic N) is 1. The molecule has 0 saturated carbocycles. The number of aliphatic hydroxyl groups excluding tert-OH is 1. The third-order valence-electron chi connectivity index (χ3n) is 6.04. The minimum absolute atomic E-state index is 0.0554. The summed E-state index contributed by atoms with van der Waals surface area (Å²) in [7, 11) is 0. The Morgan fingerprint density at radius 3 is 2.37 bits per heavy atom. The molecule has 1 amide bonds. The van der Waals surface area contributed by atoms with E-state index in [1.54, 1.807) is 60.9 Å². The van der Waals surface area contributed by atoms with Gasteiger partial charge in [-0.05, 0) is 55.2 Å². The number of carbonyl (C=O) groups is 2. The highest BCUT2D eigenvalue weighted by molar-refractivity contribution is 5.94. The average Bonchev–Trinajstić information content (AvgIpc) is 3.53. The van der Waals surface area contributed by atoms with Crippen molar-refractivity contribution in [3.05, 3.63) is 114 Å². The Hall–Kier alpha value is -4.16. The Balaban J connectivity index is 1.56. The average molecular weight is 514 g/mol. The number of ether oxygens (including phenoxy) is 1. The lowest BCUT2D eigenvalue weighted by Crippen LogP contribution is -2.30. The number of Topliss-reactive ketones (excluding diaryl/α,β-unsaturated/α-hetero) is 1. The smallest absolute Gasteiger partial charge is 0.254 e. The van der Waals surface area contributed by atoms with Crippen LogP contribution in [0.25, 0.3) is 11.3 Å². The SMILES string of the molecule is [2H]C([2H])(c1ccccc1OCCCCCC(=O)CO)N(Cc1ccccc1)C(=O)c1ccc(-c2ccco2)cc1. The Labute approximate surface area is 226 Å². The lowest BCUT2D eigenvalue weighted by atomic mass is 10.1. The molecule has 0 bridgehead atoms. The molecule has 38 heavy (non-hydrogen) atoms. The molecule has 3 aromatic carbocycles. The van der Waals surface area contributed by atoms with Gasteiger partial charge in [0.25, 0.3) is 5.91 Å². The van der Waals surface area contributed by atoms with E-state index < -0.39 is 19.0 Å². The van der Waals surface area contributed by atoms with E-state index in [1.807, 2.05) is 36.4 Å². The normalized spacial score (nSPS) is 11.9. The summed E-state index contributed by atoms with van der Waals surface area (Å²) in [5.41, 5.74) is 2.22. The van der Waals surface area contributed by atoms with Gasteiger partial charge < -0.3 is 19.2 Å². The van der Waals surface area contributed by atoms with E-state index in [2.05, 4.69) is 0 Å². The van der Waals surface area contributed by atoms with Crippen LogP contribution in [0, 0.1) is 0 Å². The Morgan fingerprint density at radius 2 is 1.63 bits per heavy atom. The molecule has 0 radical (unpaired) electrons.